The van der Waals surface area contributed by atoms with Crippen LogP contribution in [0.4, 0.5) is 0 Å². The maximum atomic E-state index is 9.40. The lowest BCUT2D eigenvalue weighted by Gasteiger charge is -2.39. The molecule has 0 aliphatic heterocycles. The Hall–Kier alpha value is -0.120. The molecule has 0 atom stereocenters. The van der Waals surface area contributed by atoms with Crippen molar-refractivity contribution in [2.75, 3.05) is 6.61 Å². The molecular formula is C12H23NO2. The summed E-state index contributed by atoms with van der Waals surface area (Å²) in [5.74, 6) is 0. The molecule has 2 rings (SSSR count). The van der Waals surface area contributed by atoms with E-state index in [9.17, 15) is 5.11 Å². The van der Waals surface area contributed by atoms with Crippen molar-refractivity contribution in [2.45, 2.75) is 69.7 Å². The van der Waals surface area contributed by atoms with Crippen molar-refractivity contribution in [2.24, 2.45) is 0 Å². The van der Waals surface area contributed by atoms with Gasteiger partial charge in [0.25, 0.3) is 0 Å². The molecule has 0 saturated heterocycles. The van der Waals surface area contributed by atoms with Gasteiger partial charge in [-0.1, -0.05) is 0 Å². The average molecular weight is 213 g/mol. The van der Waals surface area contributed by atoms with E-state index in [2.05, 4.69) is 12.2 Å². The van der Waals surface area contributed by atoms with Gasteiger partial charge < -0.3 is 15.2 Å². The van der Waals surface area contributed by atoms with E-state index in [1.807, 2.05) is 0 Å². The molecule has 2 N–H and O–H groups in total. The molecule has 2 fully saturated rings. The van der Waals surface area contributed by atoms with Gasteiger partial charge in [0.2, 0.25) is 0 Å². The van der Waals surface area contributed by atoms with E-state index in [0.29, 0.717) is 18.2 Å². The Kier molecular flexibility index (Phi) is 4.00. The van der Waals surface area contributed by atoms with Crippen LogP contribution < -0.4 is 5.32 Å². The number of rotatable bonds is 4. The highest BCUT2D eigenvalue weighted by Crippen LogP contribution is 2.26. The Bertz CT molecular complexity index is 184. The molecule has 0 bridgehead atoms. The highest BCUT2D eigenvalue weighted by atomic mass is 16.5. The van der Waals surface area contributed by atoms with E-state index < -0.39 is 0 Å². The molecule has 0 aromatic rings. The summed E-state index contributed by atoms with van der Waals surface area (Å²) >= 11 is 0. The summed E-state index contributed by atoms with van der Waals surface area (Å²) in [6.07, 6.45) is 7.02. The van der Waals surface area contributed by atoms with Crippen LogP contribution >= 0.6 is 0 Å². The van der Waals surface area contributed by atoms with Crippen molar-refractivity contribution >= 4 is 0 Å². The van der Waals surface area contributed by atoms with Gasteiger partial charge in [0.1, 0.15) is 0 Å². The molecule has 2 aliphatic carbocycles. The molecule has 0 heterocycles. The van der Waals surface area contributed by atoms with Gasteiger partial charge in [-0.25, -0.2) is 0 Å². The minimum Gasteiger partial charge on any atom is -0.393 e. The summed E-state index contributed by atoms with van der Waals surface area (Å²) in [6, 6.07) is 1.31. The predicted molar refractivity (Wildman–Crippen MR) is 59.8 cm³/mol. The summed E-state index contributed by atoms with van der Waals surface area (Å²) in [5, 5.41) is 13.1. The standard InChI is InChI=1S/C12H23NO2/c1-2-15-12-7-10(8-12)13-9-3-5-11(14)6-4-9/h9-14H,2-8H2,1H3. The van der Waals surface area contributed by atoms with Crippen LogP contribution in [-0.4, -0.2) is 36.0 Å². The molecule has 3 heteroatoms. The van der Waals surface area contributed by atoms with Crippen molar-refractivity contribution in [1.29, 1.82) is 0 Å². The first kappa shape index (κ1) is 11.4. The average Bonchev–Trinajstić information content (AvgIpc) is 2.18. The van der Waals surface area contributed by atoms with E-state index >= 15 is 0 Å². The van der Waals surface area contributed by atoms with Crippen LogP contribution in [0.3, 0.4) is 0 Å². The Morgan fingerprint density at radius 3 is 2.40 bits per heavy atom. The predicted octanol–water partition coefficient (Wildman–Crippen LogP) is 1.45. The third-order valence-electron chi connectivity index (χ3n) is 3.67. The second kappa shape index (κ2) is 5.28. The van der Waals surface area contributed by atoms with Gasteiger partial charge in [0.05, 0.1) is 12.2 Å². The molecule has 2 aliphatic rings. The van der Waals surface area contributed by atoms with Gasteiger partial charge in [-0.15, -0.1) is 0 Å². The largest absolute Gasteiger partial charge is 0.393 e. The molecule has 0 spiro atoms. The number of aliphatic hydroxyl groups is 1. The van der Waals surface area contributed by atoms with Crippen LogP contribution in [0.5, 0.6) is 0 Å². The molecule has 0 aromatic carbocycles. The highest BCUT2D eigenvalue weighted by molar-refractivity contribution is 4.89. The third kappa shape index (κ3) is 3.16. The van der Waals surface area contributed by atoms with Crippen LogP contribution in [0, 0.1) is 0 Å². The molecule has 0 aromatic heterocycles. The first-order valence-electron chi connectivity index (χ1n) is 6.33. The zero-order valence-electron chi connectivity index (χ0n) is 9.61. The summed E-state index contributed by atoms with van der Waals surface area (Å²) in [5.41, 5.74) is 0. The number of hydrogen-bond acceptors (Lipinski definition) is 3. The number of nitrogens with one attached hydrogen (secondary N) is 1. The molecular weight excluding hydrogens is 190 g/mol. The van der Waals surface area contributed by atoms with Crippen LogP contribution in [0.25, 0.3) is 0 Å². The van der Waals surface area contributed by atoms with Crippen molar-refractivity contribution in [3.63, 3.8) is 0 Å². The van der Waals surface area contributed by atoms with Gasteiger partial charge >= 0.3 is 0 Å². The SMILES string of the molecule is CCOC1CC(NC2CCC(O)CC2)C1. The fourth-order valence-corrected chi connectivity index (χ4v) is 2.65. The van der Waals surface area contributed by atoms with Crippen LogP contribution in [0.15, 0.2) is 0 Å². The van der Waals surface area contributed by atoms with E-state index in [-0.39, 0.29) is 6.10 Å². The Morgan fingerprint density at radius 1 is 1.13 bits per heavy atom. The van der Waals surface area contributed by atoms with Crippen molar-refractivity contribution in [3.05, 3.63) is 0 Å². The normalized spacial score (nSPS) is 41.2. The van der Waals surface area contributed by atoms with Gasteiger partial charge in [-0.3, -0.25) is 0 Å². The van der Waals surface area contributed by atoms with Crippen molar-refractivity contribution < 1.29 is 9.84 Å². The zero-order valence-corrected chi connectivity index (χ0v) is 9.61. The minimum absolute atomic E-state index is 0.0411. The molecule has 0 unspecified atom stereocenters. The fourth-order valence-electron chi connectivity index (χ4n) is 2.65. The number of ether oxygens (including phenoxy) is 1. The summed E-state index contributed by atoms with van der Waals surface area (Å²) < 4.78 is 5.53. The van der Waals surface area contributed by atoms with E-state index in [0.717, 1.165) is 32.3 Å². The van der Waals surface area contributed by atoms with Crippen LogP contribution in [-0.2, 0) is 4.74 Å². The van der Waals surface area contributed by atoms with Crippen LogP contribution in [0.2, 0.25) is 0 Å². The molecule has 3 nitrogen and oxygen atoms in total. The summed E-state index contributed by atoms with van der Waals surface area (Å²) in [6.45, 7) is 2.90. The molecule has 88 valence electrons. The minimum atomic E-state index is -0.0411. The topological polar surface area (TPSA) is 41.5 Å². The Labute approximate surface area is 92.2 Å². The smallest absolute Gasteiger partial charge is 0.0604 e. The Morgan fingerprint density at radius 2 is 1.80 bits per heavy atom. The van der Waals surface area contributed by atoms with E-state index in [4.69, 9.17) is 4.74 Å². The first-order chi connectivity index (χ1) is 7.28. The fraction of sp³-hybridized carbons (Fsp3) is 1.00. The lowest BCUT2D eigenvalue weighted by molar-refractivity contribution is -0.0149. The molecule has 2 saturated carbocycles. The first-order valence-corrected chi connectivity index (χ1v) is 6.33. The lowest BCUT2D eigenvalue weighted by atomic mass is 9.86. The van der Waals surface area contributed by atoms with Crippen molar-refractivity contribution in [1.82, 2.24) is 5.32 Å². The maximum Gasteiger partial charge on any atom is 0.0604 e. The molecule has 0 amide bonds. The second-order valence-corrected chi connectivity index (χ2v) is 4.92. The summed E-state index contributed by atoms with van der Waals surface area (Å²) in [7, 11) is 0. The monoisotopic (exact) mass is 213 g/mol. The molecule has 15 heavy (non-hydrogen) atoms. The Balaban J connectivity index is 1.59. The number of hydrogen-bond donors (Lipinski definition) is 2. The lowest BCUT2D eigenvalue weighted by Crippen LogP contribution is -2.50. The van der Waals surface area contributed by atoms with E-state index in [1.165, 1.54) is 12.8 Å². The zero-order chi connectivity index (χ0) is 10.7. The van der Waals surface area contributed by atoms with Gasteiger partial charge in [-0.05, 0) is 45.4 Å². The highest BCUT2D eigenvalue weighted by Gasteiger charge is 2.31. The van der Waals surface area contributed by atoms with Gasteiger partial charge in [0, 0.05) is 18.7 Å². The van der Waals surface area contributed by atoms with Crippen molar-refractivity contribution in [3.8, 4) is 0 Å². The quantitative estimate of drug-likeness (QED) is 0.742. The van der Waals surface area contributed by atoms with Crippen LogP contribution in [0.1, 0.15) is 45.4 Å². The molecule has 0 radical (unpaired) electrons. The maximum absolute atomic E-state index is 9.40. The second-order valence-electron chi connectivity index (χ2n) is 4.92. The van der Waals surface area contributed by atoms with Gasteiger partial charge in [0.15, 0.2) is 0 Å². The van der Waals surface area contributed by atoms with E-state index in [1.54, 1.807) is 0 Å². The number of aliphatic hydroxyl groups excluding tert-OH is 1. The van der Waals surface area contributed by atoms with Gasteiger partial charge in [-0.2, -0.15) is 0 Å². The summed E-state index contributed by atoms with van der Waals surface area (Å²) in [4.78, 5) is 0. The third-order valence-corrected chi connectivity index (χ3v) is 3.67.